The van der Waals surface area contributed by atoms with Crippen LogP contribution in [0.5, 0.6) is 0 Å². The predicted octanol–water partition coefficient (Wildman–Crippen LogP) is 4.34. The third-order valence-corrected chi connectivity index (χ3v) is 5.83. The Morgan fingerprint density at radius 3 is 2.62 bits per heavy atom. The van der Waals surface area contributed by atoms with Crippen LogP contribution in [0.15, 0.2) is 36.9 Å². The lowest BCUT2D eigenvalue weighted by molar-refractivity contribution is -0.141. The highest BCUT2D eigenvalue weighted by molar-refractivity contribution is 6.11. The van der Waals surface area contributed by atoms with Gasteiger partial charge in [-0.1, -0.05) is 24.8 Å². The van der Waals surface area contributed by atoms with E-state index in [1.165, 1.54) is 13.0 Å². The Balaban J connectivity index is 2.09. The first-order valence-corrected chi connectivity index (χ1v) is 9.79. The molecule has 0 fully saturated rings. The van der Waals surface area contributed by atoms with Crippen LogP contribution in [0, 0.1) is 12.7 Å². The number of primary amides is 1. The van der Waals surface area contributed by atoms with Gasteiger partial charge in [-0.05, 0) is 47.7 Å². The maximum Gasteiger partial charge on any atom is 0.431 e. The van der Waals surface area contributed by atoms with E-state index in [2.05, 4.69) is 16.9 Å². The summed E-state index contributed by atoms with van der Waals surface area (Å²) in [7, 11) is 0. The molecular formula is C23H19F4N3O2. The summed E-state index contributed by atoms with van der Waals surface area (Å²) in [5.74, 6) is -2.19. The van der Waals surface area contributed by atoms with Crippen LogP contribution in [0.2, 0.25) is 0 Å². The number of carbonyl (C=O) groups excluding carboxylic acids is 2. The Hall–Kier alpha value is -3.46. The summed E-state index contributed by atoms with van der Waals surface area (Å²) in [6.07, 6.45) is -3.13. The van der Waals surface area contributed by atoms with Gasteiger partial charge in [0.2, 0.25) is 0 Å². The molecule has 32 heavy (non-hydrogen) atoms. The number of benzene rings is 2. The summed E-state index contributed by atoms with van der Waals surface area (Å²) in [6, 6.07) is 5.10. The molecule has 166 valence electrons. The van der Waals surface area contributed by atoms with E-state index in [-0.39, 0.29) is 33.4 Å². The largest absolute Gasteiger partial charge is 0.431 e. The van der Waals surface area contributed by atoms with Crippen molar-refractivity contribution >= 4 is 22.6 Å². The number of aromatic nitrogens is 1. The van der Waals surface area contributed by atoms with Crippen molar-refractivity contribution in [2.24, 2.45) is 5.73 Å². The van der Waals surface area contributed by atoms with E-state index in [0.717, 1.165) is 6.07 Å². The number of H-pyrrole nitrogens is 1. The first-order valence-electron chi connectivity index (χ1n) is 9.79. The van der Waals surface area contributed by atoms with E-state index in [0.29, 0.717) is 29.7 Å². The molecule has 0 saturated carbocycles. The molecule has 0 radical (unpaired) electrons. The number of alkyl halides is 3. The lowest BCUT2D eigenvalue weighted by Gasteiger charge is -2.27. The van der Waals surface area contributed by atoms with E-state index in [9.17, 15) is 22.8 Å². The predicted molar refractivity (Wildman–Crippen MR) is 112 cm³/mol. The van der Waals surface area contributed by atoms with Crippen LogP contribution in [0.4, 0.5) is 17.6 Å². The fourth-order valence-corrected chi connectivity index (χ4v) is 4.45. The lowest BCUT2D eigenvalue weighted by Crippen LogP contribution is -2.34. The zero-order chi connectivity index (χ0) is 23.4. The molecule has 2 heterocycles. The standard InChI is InChI=1S/C23H19F4N3O2/c1-3-16(31)19-13-6-4-5-12(11(13)7-8-29-19)18-15(24)9-14(22(28)32)20-17(18)10(2)21(30-20)23(25,26)27/h3-6,9,19,29-30H,1,7-8H2,2H3,(H2,28,32). The molecule has 0 spiro atoms. The van der Waals surface area contributed by atoms with Crippen molar-refractivity contribution in [3.8, 4) is 11.1 Å². The first kappa shape index (κ1) is 21.8. The molecule has 4 rings (SSSR count). The quantitative estimate of drug-likeness (QED) is 0.412. The number of hydrogen-bond donors (Lipinski definition) is 3. The number of fused-ring (bicyclic) bond motifs is 2. The Morgan fingerprint density at radius 1 is 1.28 bits per heavy atom. The molecule has 9 heteroatoms. The number of hydrogen-bond acceptors (Lipinski definition) is 3. The van der Waals surface area contributed by atoms with Crippen LogP contribution >= 0.6 is 0 Å². The zero-order valence-electron chi connectivity index (χ0n) is 17.0. The van der Waals surface area contributed by atoms with Crippen LogP contribution in [-0.4, -0.2) is 23.2 Å². The van der Waals surface area contributed by atoms with Gasteiger partial charge in [-0.2, -0.15) is 13.2 Å². The second-order valence-corrected chi connectivity index (χ2v) is 7.63. The number of rotatable bonds is 4. The van der Waals surface area contributed by atoms with Crippen molar-refractivity contribution in [3.63, 3.8) is 0 Å². The smallest absolute Gasteiger partial charge is 0.366 e. The van der Waals surface area contributed by atoms with Gasteiger partial charge in [0.1, 0.15) is 11.5 Å². The average Bonchev–Trinajstić information content (AvgIpc) is 3.09. The van der Waals surface area contributed by atoms with Gasteiger partial charge in [-0.25, -0.2) is 4.39 Å². The summed E-state index contributed by atoms with van der Waals surface area (Å²) in [4.78, 5) is 26.4. The Morgan fingerprint density at radius 2 is 2.00 bits per heavy atom. The number of halogens is 4. The number of nitrogens with two attached hydrogens (primary N) is 1. The zero-order valence-corrected chi connectivity index (χ0v) is 17.0. The third kappa shape index (κ3) is 3.29. The van der Waals surface area contributed by atoms with Crippen LogP contribution < -0.4 is 11.1 Å². The summed E-state index contributed by atoms with van der Waals surface area (Å²) >= 11 is 0. The minimum Gasteiger partial charge on any atom is -0.366 e. The van der Waals surface area contributed by atoms with E-state index in [1.54, 1.807) is 18.2 Å². The Kier molecular flexibility index (Phi) is 5.16. The summed E-state index contributed by atoms with van der Waals surface area (Å²) < 4.78 is 56.2. The SMILES string of the molecule is C=CC(=O)C1NCCc2c(-c3c(F)cc(C(N)=O)c4[nH]c(C(F)(F)F)c(C)c34)cccc21. The monoisotopic (exact) mass is 445 g/mol. The molecule has 1 atom stereocenters. The highest BCUT2D eigenvalue weighted by atomic mass is 19.4. The molecule has 1 aromatic heterocycles. The highest BCUT2D eigenvalue weighted by Crippen LogP contribution is 2.43. The number of ketones is 1. The van der Waals surface area contributed by atoms with Gasteiger partial charge >= 0.3 is 6.18 Å². The highest BCUT2D eigenvalue weighted by Gasteiger charge is 2.37. The third-order valence-electron chi connectivity index (χ3n) is 5.83. The van der Waals surface area contributed by atoms with E-state index in [4.69, 9.17) is 5.73 Å². The van der Waals surface area contributed by atoms with Crippen LogP contribution in [-0.2, 0) is 17.4 Å². The second kappa shape index (κ2) is 7.59. The normalized spacial score (nSPS) is 16.1. The molecule has 4 N–H and O–H groups in total. The molecule has 1 unspecified atom stereocenters. The van der Waals surface area contributed by atoms with Crippen molar-refractivity contribution in [2.75, 3.05) is 6.54 Å². The van der Waals surface area contributed by atoms with Gasteiger partial charge in [0.25, 0.3) is 5.91 Å². The summed E-state index contributed by atoms with van der Waals surface area (Å²) in [5.41, 5.74) is 5.00. The number of nitrogens with one attached hydrogen (secondary N) is 2. The molecule has 3 aromatic rings. The molecule has 1 amide bonds. The van der Waals surface area contributed by atoms with Crippen molar-refractivity contribution in [1.29, 1.82) is 0 Å². The van der Waals surface area contributed by atoms with Gasteiger partial charge in [0.15, 0.2) is 5.78 Å². The number of aromatic amines is 1. The van der Waals surface area contributed by atoms with Crippen molar-refractivity contribution < 1.29 is 27.2 Å². The minimum atomic E-state index is -4.74. The van der Waals surface area contributed by atoms with Gasteiger partial charge in [-0.15, -0.1) is 0 Å². The van der Waals surface area contributed by atoms with Crippen molar-refractivity contribution in [3.05, 3.63) is 70.7 Å². The van der Waals surface area contributed by atoms with E-state index in [1.807, 2.05) is 0 Å². The maximum absolute atomic E-state index is 15.4. The molecule has 2 aromatic carbocycles. The molecule has 1 aliphatic heterocycles. The van der Waals surface area contributed by atoms with Gasteiger partial charge in [0.05, 0.1) is 17.1 Å². The summed E-state index contributed by atoms with van der Waals surface area (Å²) in [6.45, 7) is 5.14. The minimum absolute atomic E-state index is 0.0651. The molecule has 1 aliphatic rings. The maximum atomic E-state index is 15.4. The number of carbonyl (C=O) groups is 2. The van der Waals surface area contributed by atoms with Crippen LogP contribution in [0.25, 0.3) is 22.0 Å². The Labute approximate surface area is 180 Å². The van der Waals surface area contributed by atoms with Crippen LogP contribution in [0.3, 0.4) is 0 Å². The first-order chi connectivity index (χ1) is 15.1. The Bertz CT molecular complexity index is 1290. The molecule has 0 bridgehead atoms. The summed E-state index contributed by atoms with van der Waals surface area (Å²) in [5, 5.41) is 3.02. The van der Waals surface area contributed by atoms with Gasteiger partial charge in [0, 0.05) is 17.5 Å². The topological polar surface area (TPSA) is 88.0 Å². The molecular weight excluding hydrogens is 426 g/mol. The van der Waals surface area contributed by atoms with Crippen molar-refractivity contribution in [2.45, 2.75) is 25.6 Å². The van der Waals surface area contributed by atoms with Crippen LogP contribution in [0.1, 0.15) is 38.8 Å². The molecule has 0 saturated heterocycles. The fourth-order valence-electron chi connectivity index (χ4n) is 4.45. The van der Waals surface area contributed by atoms with Gasteiger partial charge < -0.3 is 16.0 Å². The van der Waals surface area contributed by atoms with E-state index < -0.39 is 29.6 Å². The molecule has 5 nitrogen and oxygen atoms in total. The lowest BCUT2D eigenvalue weighted by atomic mass is 9.84. The van der Waals surface area contributed by atoms with Gasteiger partial charge in [-0.3, -0.25) is 9.59 Å². The number of amides is 1. The molecule has 0 aliphatic carbocycles. The van der Waals surface area contributed by atoms with Crippen molar-refractivity contribution in [1.82, 2.24) is 10.3 Å². The van der Waals surface area contributed by atoms with E-state index >= 15 is 4.39 Å². The number of aryl methyl sites for hydroxylation is 1. The fraction of sp³-hybridized carbons (Fsp3) is 0.217. The second-order valence-electron chi connectivity index (χ2n) is 7.63. The average molecular weight is 445 g/mol.